The molecule has 4 nitrogen and oxygen atoms in total. The van der Waals surface area contributed by atoms with Crippen molar-refractivity contribution in [2.24, 2.45) is 0 Å². The van der Waals surface area contributed by atoms with Gasteiger partial charge in [0, 0.05) is 23.1 Å². The summed E-state index contributed by atoms with van der Waals surface area (Å²) < 4.78 is 38.6. The molecule has 1 amide bonds. The maximum atomic E-state index is 12.9. The molecule has 0 radical (unpaired) electrons. The van der Waals surface area contributed by atoms with Gasteiger partial charge < -0.3 is 4.90 Å². The molecule has 7 heteroatoms. The Morgan fingerprint density at radius 2 is 1.61 bits per heavy atom. The van der Waals surface area contributed by atoms with Crippen molar-refractivity contribution in [1.82, 2.24) is 4.90 Å². The van der Waals surface area contributed by atoms with Gasteiger partial charge >= 0.3 is 0 Å². The summed E-state index contributed by atoms with van der Waals surface area (Å²) in [6.45, 7) is 0.295. The Labute approximate surface area is 142 Å². The Bertz CT molecular complexity index is 829. The second-order valence-electron chi connectivity index (χ2n) is 5.34. The molecule has 0 saturated carbocycles. The molecular formula is C16H13BrFNO3S. The lowest BCUT2D eigenvalue weighted by molar-refractivity contribution is 0.0659. The predicted octanol–water partition coefficient (Wildman–Crippen LogP) is 2.89. The first-order valence-electron chi connectivity index (χ1n) is 6.92. The van der Waals surface area contributed by atoms with Gasteiger partial charge in [0.05, 0.1) is 4.90 Å². The standard InChI is InChI=1S/C16H13BrFNO3S/c17-12-3-1-11(2-4-12)16(20)19-9-15(10-19)23(21,22)14-7-5-13(18)6-8-14/h1-8,15H,9-10H2. The average molecular weight is 398 g/mol. The lowest BCUT2D eigenvalue weighted by Crippen LogP contribution is -2.56. The summed E-state index contributed by atoms with van der Waals surface area (Å²) in [5, 5.41) is -0.646. The van der Waals surface area contributed by atoms with Gasteiger partial charge in [-0.05, 0) is 48.5 Å². The minimum atomic E-state index is -3.54. The first-order valence-corrected chi connectivity index (χ1v) is 9.26. The molecule has 2 aromatic carbocycles. The molecule has 0 bridgehead atoms. The number of hydrogen-bond acceptors (Lipinski definition) is 3. The number of rotatable bonds is 3. The highest BCUT2D eigenvalue weighted by Gasteiger charge is 2.40. The third-order valence-corrected chi connectivity index (χ3v) is 6.44. The molecule has 1 aliphatic heterocycles. The smallest absolute Gasteiger partial charge is 0.253 e. The van der Waals surface area contributed by atoms with Gasteiger partial charge in [0.15, 0.2) is 9.84 Å². The van der Waals surface area contributed by atoms with Crippen LogP contribution in [0.5, 0.6) is 0 Å². The van der Waals surface area contributed by atoms with Crippen LogP contribution in [0.1, 0.15) is 10.4 Å². The number of likely N-dealkylation sites (tertiary alicyclic amines) is 1. The summed E-state index contributed by atoms with van der Waals surface area (Å²) in [4.78, 5) is 13.8. The fraction of sp³-hybridized carbons (Fsp3) is 0.188. The first kappa shape index (κ1) is 16.1. The van der Waals surface area contributed by atoms with Crippen molar-refractivity contribution in [3.8, 4) is 0 Å². The highest BCUT2D eigenvalue weighted by molar-refractivity contribution is 9.10. The van der Waals surface area contributed by atoms with Crippen LogP contribution >= 0.6 is 15.9 Å². The number of hydrogen-bond donors (Lipinski definition) is 0. The van der Waals surface area contributed by atoms with Crippen LogP contribution in [0.15, 0.2) is 57.9 Å². The van der Waals surface area contributed by atoms with Crippen molar-refractivity contribution in [1.29, 1.82) is 0 Å². The van der Waals surface area contributed by atoms with E-state index in [-0.39, 0.29) is 23.9 Å². The summed E-state index contributed by atoms with van der Waals surface area (Å²) >= 11 is 3.30. The summed E-state index contributed by atoms with van der Waals surface area (Å²) in [7, 11) is -3.54. The van der Waals surface area contributed by atoms with Crippen molar-refractivity contribution in [3.05, 3.63) is 64.4 Å². The number of amides is 1. The summed E-state index contributed by atoms with van der Waals surface area (Å²) in [6, 6.07) is 11.7. The molecule has 1 aliphatic rings. The molecule has 1 fully saturated rings. The van der Waals surface area contributed by atoms with E-state index in [2.05, 4.69) is 15.9 Å². The van der Waals surface area contributed by atoms with Gasteiger partial charge in [0.1, 0.15) is 11.1 Å². The fourth-order valence-corrected chi connectivity index (χ4v) is 4.31. The zero-order chi connectivity index (χ0) is 16.6. The van der Waals surface area contributed by atoms with Crippen LogP contribution in [-0.4, -0.2) is 37.6 Å². The van der Waals surface area contributed by atoms with E-state index in [1.165, 1.54) is 17.0 Å². The Balaban J connectivity index is 1.69. The third kappa shape index (κ3) is 3.16. The molecule has 0 atom stereocenters. The maximum absolute atomic E-state index is 12.9. The van der Waals surface area contributed by atoms with Gasteiger partial charge in [-0.15, -0.1) is 0 Å². The first-order chi connectivity index (χ1) is 10.9. The Kier molecular flexibility index (Phi) is 4.25. The average Bonchev–Trinajstić information content (AvgIpc) is 2.46. The number of halogens is 2. The largest absolute Gasteiger partial charge is 0.336 e. The van der Waals surface area contributed by atoms with Gasteiger partial charge in [0.2, 0.25) is 0 Å². The van der Waals surface area contributed by atoms with E-state index in [1.54, 1.807) is 24.3 Å². The van der Waals surface area contributed by atoms with Gasteiger partial charge in [-0.1, -0.05) is 15.9 Å². The van der Waals surface area contributed by atoms with Gasteiger partial charge in [-0.2, -0.15) is 0 Å². The van der Waals surface area contributed by atoms with Crippen LogP contribution in [0.4, 0.5) is 4.39 Å². The van der Waals surface area contributed by atoms with E-state index >= 15 is 0 Å². The van der Waals surface area contributed by atoms with Gasteiger partial charge in [-0.3, -0.25) is 4.79 Å². The predicted molar refractivity (Wildman–Crippen MR) is 87.4 cm³/mol. The molecule has 3 rings (SSSR count). The van der Waals surface area contributed by atoms with Crippen molar-refractivity contribution >= 4 is 31.7 Å². The van der Waals surface area contributed by atoms with E-state index in [9.17, 15) is 17.6 Å². The van der Waals surface area contributed by atoms with Gasteiger partial charge in [0.25, 0.3) is 5.91 Å². The Morgan fingerprint density at radius 1 is 1.04 bits per heavy atom. The number of carbonyl (C=O) groups excluding carboxylic acids is 1. The van der Waals surface area contributed by atoms with Crippen LogP contribution in [0, 0.1) is 5.82 Å². The molecule has 120 valence electrons. The second kappa shape index (κ2) is 6.05. The minimum Gasteiger partial charge on any atom is -0.336 e. The summed E-state index contributed by atoms with van der Waals surface area (Å²) in [6.07, 6.45) is 0. The van der Waals surface area contributed by atoms with Crippen LogP contribution in [-0.2, 0) is 9.84 Å². The lowest BCUT2D eigenvalue weighted by Gasteiger charge is -2.38. The number of nitrogens with zero attached hydrogens (tertiary/aromatic N) is 1. The SMILES string of the molecule is O=C(c1ccc(Br)cc1)N1CC(S(=O)(=O)c2ccc(F)cc2)C1. The van der Waals surface area contributed by atoms with E-state index < -0.39 is 20.9 Å². The number of sulfone groups is 1. The molecule has 0 aromatic heterocycles. The van der Waals surface area contributed by atoms with Crippen molar-refractivity contribution in [2.75, 3.05) is 13.1 Å². The molecule has 1 heterocycles. The minimum absolute atomic E-state index is 0.0830. The highest BCUT2D eigenvalue weighted by atomic mass is 79.9. The molecular weight excluding hydrogens is 385 g/mol. The number of carbonyl (C=O) groups is 1. The topological polar surface area (TPSA) is 54.5 Å². The highest BCUT2D eigenvalue weighted by Crippen LogP contribution is 2.25. The maximum Gasteiger partial charge on any atom is 0.253 e. The molecule has 1 saturated heterocycles. The fourth-order valence-electron chi connectivity index (χ4n) is 2.39. The van der Waals surface area contributed by atoms with E-state index in [0.717, 1.165) is 16.6 Å². The molecule has 0 N–H and O–H groups in total. The normalized spacial score (nSPS) is 15.3. The molecule has 23 heavy (non-hydrogen) atoms. The zero-order valence-electron chi connectivity index (χ0n) is 11.9. The molecule has 2 aromatic rings. The van der Waals surface area contributed by atoms with Crippen LogP contribution in [0.2, 0.25) is 0 Å². The van der Waals surface area contributed by atoms with E-state index in [4.69, 9.17) is 0 Å². The Hall–Kier alpha value is -1.73. The molecule has 0 aliphatic carbocycles. The van der Waals surface area contributed by atoms with Crippen molar-refractivity contribution in [2.45, 2.75) is 10.1 Å². The van der Waals surface area contributed by atoms with Crippen LogP contribution < -0.4 is 0 Å². The van der Waals surface area contributed by atoms with Gasteiger partial charge in [-0.25, -0.2) is 12.8 Å². The van der Waals surface area contributed by atoms with E-state index in [1.807, 2.05) is 0 Å². The molecule has 0 spiro atoms. The monoisotopic (exact) mass is 397 g/mol. The quantitative estimate of drug-likeness (QED) is 0.748. The second-order valence-corrected chi connectivity index (χ2v) is 8.48. The Morgan fingerprint density at radius 3 is 2.17 bits per heavy atom. The molecule has 0 unspecified atom stereocenters. The van der Waals surface area contributed by atoms with Crippen molar-refractivity contribution in [3.63, 3.8) is 0 Å². The van der Waals surface area contributed by atoms with Crippen molar-refractivity contribution < 1.29 is 17.6 Å². The number of benzene rings is 2. The van der Waals surface area contributed by atoms with Crippen LogP contribution in [0.25, 0.3) is 0 Å². The summed E-state index contributed by atoms with van der Waals surface area (Å²) in [5.74, 6) is -0.673. The van der Waals surface area contributed by atoms with Crippen LogP contribution in [0.3, 0.4) is 0 Å². The van der Waals surface area contributed by atoms with E-state index in [0.29, 0.717) is 5.56 Å². The lowest BCUT2D eigenvalue weighted by atomic mass is 10.1. The third-order valence-electron chi connectivity index (χ3n) is 3.81. The zero-order valence-corrected chi connectivity index (χ0v) is 14.3. The summed E-state index contributed by atoms with van der Waals surface area (Å²) in [5.41, 5.74) is 0.519.